The number of imidazole rings is 1. The van der Waals surface area contributed by atoms with E-state index in [9.17, 15) is 15.3 Å². The highest BCUT2D eigenvalue weighted by molar-refractivity contribution is 7.99. The van der Waals surface area contributed by atoms with Crippen LogP contribution in [0.1, 0.15) is 61.1 Å². The van der Waals surface area contributed by atoms with Gasteiger partial charge in [-0.3, -0.25) is 4.79 Å². The highest BCUT2D eigenvalue weighted by Gasteiger charge is 2.14. The summed E-state index contributed by atoms with van der Waals surface area (Å²) in [6.45, 7) is 6.32. The van der Waals surface area contributed by atoms with Crippen molar-refractivity contribution < 1.29 is 34.7 Å². The number of aliphatic hydroxyl groups is 2. The standard InChI is InChI=1S/C30H42N4O5S.C2H4O2/c35-21-25-17-24(8-9-28(25)36)29(37)19-31-10-3-1-2-4-12-38-13-14-39-22-23-6-5-7-26(16-23)32-18-27-20-34-11-15-40-30(34)33-27;1-2(3)4/h5-9,16-17,20,29,31-32,35-37H,1-4,10-15,18-19,21-22H2;1H3,(H,3,4)/t29-;/m0./s1. The summed E-state index contributed by atoms with van der Waals surface area (Å²) in [6, 6.07) is 13.1. The fourth-order valence-electron chi connectivity index (χ4n) is 4.52. The summed E-state index contributed by atoms with van der Waals surface area (Å²) in [5.74, 6) is 0.329. The molecule has 2 heterocycles. The van der Waals surface area contributed by atoms with Crippen LogP contribution in [0.15, 0.2) is 53.8 Å². The molecule has 0 saturated heterocycles. The number of aryl methyl sites for hydroxylation is 1. The van der Waals surface area contributed by atoms with Crippen molar-refractivity contribution >= 4 is 23.4 Å². The van der Waals surface area contributed by atoms with Crippen LogP contribution in [0.5, 0.6) is 5.75 Å². The van der Waals surface area contributed by atoms with Gasteiger partial charge < -0.3 is 45.1 Å². The van der Waals surface area contributed by atoms with Gasteiger partial charge in [-0.05, 0) is 54.8 Å². The zero-order valence-electron chi connectivity index (χ0n) is 25.4. The molecule has 0 spiro atoms. The van der Waals surface area contributed by atoms with Crippen LogP contribution >= 0.6 is 11.8 Å². The van der Waals surface area contributed by atoms with Gasteiger partial charge in [0.25, 0.3) is 5.97 Å². The van der Waals surface area contributed by atoms with Crippen LogP contribution in [0, 0.1) is 0 Å². The van der Waals surface area contributed by atoms with Gasteiger partial charge in [0.05, 0.1) is 44.8 Å². The zero-order chi connectivity index (χ0) is 31.6. The quantitative estimate of drug-likeness (QED) is 0.105. The Morgan fingerprint density at radius 3 is 2.68 bits per heavy atom. The van der Waals surface area contributed by atoms with E-state index in [0.29, 0.717) is 44.0 Å². The first kappa shape index (κ1) is 35.4. The largest absolute Gasteiger partial charge is 0.508 e. The molecule has 0 bridgehead atoms. The molecule has 0 radical (unpaired) electrons. The molecule has 0 unspecified atom stereocenters. The van der Waals surface area contributed by atoms with Gasteiger partial charge >= 0.3 is 0 Å². The highest BCUT2D eigenvalue weighted by atomic mass is 32.2. The maximum absolute atomic E-state index is 10.3. The van der Waals surface area contributed by atoms with Crippen molar-refractivity contribution in [2.75, 3.05) is 44.0 Å². The van der Waals surface area contributed by atoms with Crippen molar-refractivity contribution in [1.29, 1.82) is 0 Å². The SMILES string of the molecule is CC(=O)O.OCc1cc([C@@H](O)CNCCCCCCOCCOCc2cccc(NCc3cn4c(n3)SCC4)c2)ccc1O. The Morgan fingerprint density at radius 1 is 1.09 bits per heavy atom. The van der Waals surface area contributed by atoms with Gasteiger partial charge in [-0.2, -0.15) is 0 Å². The van der Waals surface area contributed by atoms with E-state index in [-0.39, 0.29) is 12.4 Å². The number of nitrogens with one attached hydrogen (secondary N) is 2. The van der Waals surface area contributed by atoms with Gasteiger partial charge in [0.15, 0.2) is 5.16 Å². The number of rotatable bonds is 19. The Kier molecular flexibility index (Phi) is 16.1. The van der Waals surface area contributed by atoms with Crippen LogP contribution < -0.4 is 10.6 Å². The van der Waals surface area contributed by atoms with Gasteiger partial charge in [0.1, 0.15) is 5.75 Å². The number of aromatic nitrogens is 2. The molecule has 4 rings (SSSR count). The maximum atomic E-state index is 10.3. The Labute approximate surface area is 263 Å². The number of fused-ring (bicyclic) bond motifs is 1. The van der Waals surface area contributed by atoms with Crippen LogP contribution in [-0.2, 0) is 40.6 Å². The number of ether oxygens (including phenoxy) is 2. The topological polar surface area (TPSA) is 158 Å². The summed E-state index contributed by atoms with van der Waals surface area (Å²) < 4.78 is 13.7. The van der Waals surface area contributed by atoms with Crippen molar-refractivity contribution in [3.8, 4) is 5.75 Å². The minimum atomic E-state index is -0.833. The van der Waals surface area contributed by atoms with E-state index >= 15 is 0 Å². The lowest BCUT2D eigenvalue weighted by Gasteiger charge is -2.14. The molecule has 0 amide bonds. The van der Waals surface area contributed by atoms with E-state index in [0.717, 1.165) is 80.2 Å². The molecule has 0 fully saturated rings. The molecule has 2 aromatic carbocycles. The molecule has 1 aliphatic rings. The summed E-state index contributed by atoms with van der Waals surface area (Å²) in [6.07, 6.45) is 5.72. The molecule has 6 N–H and O–H groups in total. The fourth-order valence-corrected chi connectivity index (χ4v) is 5.49. The lowest BCUT2D eigenvalue weighted by atomic mass is 10.1. The zero-order valence-corrected chi connectivity index (χ0v) is 26.2. The van der Waals surface area contributed by atoms with E-state index in [1.54, 1.807) is 12.1 Å². The number of aromatic hydroxyl groups is 1. The molecule has 11 nitrogen and oxygen atoms in total. The Bertz CT molecular complexity index is 1250. The molecule has 1 aliphatic heterocycles. The molecule has 1 aromatic heterocycles. The second kappa shape index (κ2) is 20.0. The number of hydrogen-bond donors (Lipinski definition) is 6. The smallest absolute Gasteiger partial charge is 0.300 e. The number of anilines is 1. The van der Waals surface area contributed by atoms with Gasteiger partial charge in [0, 0.05) is 49.8 Å². The van der Waals surface area contributed by atoms with Crippen molar-refractivity contribution in [1.82, 2.24) is 14.9 Å². The molecule has 1 atom stereocenters. The second-order valence-corrected chi connectivity index (χ2v) is 11.5. The van der Waals surface area contributed by atoms with Crippen LogP contribution in [0.25, 0.3) is 0 Å². The molecule has 242 valence electrons. The molecule has 0 aliphatic carbocycles. The van der Waals surface area contributed by atoms with Crippen molar-refractivity contribution in [2.45, 2.75) is 70.2 Å². The first-order valence-corrected chi connectivity index (χ1v) is 16.0. The number of aliphatic hydroxyl groups excluding tert-OH is 2. The van der Waals surface area contributed by atoms with Crippen molar-refractivity contribution in [2.24, 2.45) is 0 Å². The molecular weight excluding hydrogens is 584 g/mol. The van der Waals surface area contributed by atoms with Gasteiger partial charge in [-0.1, -0.05) is 42.8 Å². The number of carboxylic acid groups (broad SMARTS) is 1. The maximum Gasteiger partial charge on any atom is 0.300 e. The summed E-state index contributed by atoms with van der Waals surface area (Å²) in [7, 11) is 0. The third kappa shape index (κ3) is 13.2. The highest BCUT2D eigenvalue weighted by Crippen LogP contribution is 2.25. The average molecular weight is 631 g/mol. The lowest BCUT2D eigenvalue weighted by Crippen LogP contribution is -2.22. The van der Waals surface area contributed by atoms with Gasteiger partial charge in [0.2, 0.25) is 0 Å². The lowest BCUT2D eigenvalue weighted by molar-refractivity contribution is -0.134. The van der Waals surface area contributed by atoms with E-state index < -0.39 is 12.1 Å². The number of carbonyl (C=O) groups is 1. The summed E-state index contributed by atoms with van der Waals surface area (Å²) in [4.78, 5) is 13.7. The van der Waals surface area contributed by atoms with Crippen LogP contribution in [0.3, 0.4) is 0 Å². The molecular formula is C32H46N4O7S. The summed E-state index contributed by atoms with van der Waals surface area (Å²) >= 11 is 1.81. The van der Waals surface area contributed by atoms with Crippen LogP contribution in [0.4, 0.5) is 5.69 Å². The minimum absolute atomic E-state index is 0.0428. The molecule has 12 heteroatoms. The van der Waals surface area contributed by atoms with E-state index in [1.807, 2.05) is 17.8 Å². The molecule has 0 saturated carbocycles. The van der Waals surface area contributed by atoms with Crippen molar-refractivity contribution in [3.63, 3.8) is 0 Å². The first-order valence-electron chi connectivity index (χ1n) is 15.0. The molecule has 3 aromatic rings. The van der Waals surface area contributed by atoms with Crippen molar-refractivity contribution in [3.05, 3.63) is 71.0 Å². The number of nitrogens with zero attached hydrogens (tertiary/aromatic N) is 2. The second-order valence-electron chi connectivity index (χ2n) is 10.5. The number of hydrogen-bond acceptors (Lipinski definition) is 10. The monoisotopic (exact) mass is 630 g/mol. The first-order chi connectivity index (χ1) is 21.4. The summed E-state index contributed by atoms with van der Waals surface area (Å²) in [5, 5.41) is 44.4. The Hall–Kier alpha value is -3.13. The Balaban J connectivity index is 0.00000124. The predicted octanol–water partition coefficient (Wildman–Crippen LogP) is 4.31. The third-order valence-electron chi connectivity index (χ3n) is 6.78. The van der Waals surface area contributed by atoms with Gasteiger partial charge in [-0.15, -0.1) is 0 Å². The fraction of sp³-hybridized carbons (Fsp3) is 0.500. The third-order valence-corrected chi connectivity index (χ3v) is 7.75. The number of benzene rings is 2. The van der Waals surface area contributed by atoms with E-state index in [2.05, 4.69) is 44.6 Å². The number of thioether (sulfide) groups is 1. The van der Waals surface area contributed by atoms with E-state index in [4.69, 9.17) is 19.4 Å². The number of phenols is 1. The normalized spacial score (nSPS) is 12.8. The van der Waals surface area contributed by atoms with Gasteiger partial charge in [-0.25, -0.2) is 4.98 Å². The predicted molar refractivity (Wildman–Crippen MR) is 171 cm³/mol. The number of carboxylic acids is 1. The molecule has 44 heavy (non-hydrogen) atoms. The number of aliphatic carboxylic acids is 1. The average Bonchev–Trinajstić information content (AvgIpc) is 3.61. The minimum Gasteiger partial charge on any atom is -0.508 e. The summed E-state index contributed by atoms with van der Waals surface area (Å²) in [5.41, 5.74) is 4.38. The van der Waals surface area contributed by atoms with Crippen LogP contribution in [-0.4, -0.2) is 74.6 Å². The number of unbranched alkanes of at least 4 members (excludes halogenated alkanes) is 3. The van der Waals surface area contributed by atoms with Crippen LogP contribution in [0.2, 0.25) is 0 Å². The Morgan fingerprint density at radius 2 is 1.89 bits per heavy atom. The van der Waals surface area contributed by atoms with E-state index in [1.165, 1.54) is 6.07 Å².